The van der Waals surface area contributed by atoms with E-state index in [4.69, 9.17) is 0 Å². The van der Waals surface area contributed by atoms with E-state index in [1.807, 2.05) is 0 Å². The lowest BCUT2D eigenvalue weighted by atomic mass is 10.4. The number of amides is 4. The summed E-state index contributed by atoms with van der Waals surface area (Å²) in [5.74, 6) is -0.0207. The number of imide groups is 1. The second-order valence-corrected chi connectivity index (χ2v) is 4.40. The minimum Gasteiger partial charge on any atom is -0.347 e. The summed E-state index contributed by atoms with van der Waals surface area (Å²) in [4.78, 5) is 45.7. The first-order chi connectivity index (χ1) is 8.99. The minimum absolute atomic E-state index is 0.0218. The van der Waals surface area contributed by atoms with Gasteiger partial charge in [-0.05, 0) is 0 Å². The van der Waals surface area contributed by atoms with Crippen molar-refractivity contribution < 1.29 is 14.4 Å². The summed E-state index contributed by atoms with van der Waals surface area (Å²) < 4.78 is 0. The number of H-pyrrole nitrogens is 1. The molecule has 8 nitrogen and oxygen atoms in total. The van der Waals surface area contributed by atoms with Crippen LogP contribution in [0.3, 0.4) is 0 Å². The number of aromatic amines is 1. The Kier molecular flexibility index (Phi) is 3.50. The monoisotopic (exact) mass is 265 g/mol. The molecule has 8 heteroatoms. The molecule has 1 aliphatic heterocycles. The molecule has 1 aromatic rings. The van der Waals surface area contributed by atoms with Gasteiger partial charge in [0.25, 0.3) is 5.91 Å². The van der Waals surface area contributed by atoms with E-state index >= 15 is 0 Å². The lowest BCUT2D eigenvalue weighted by Crippen LogP contribution is -2.41. The Hall–Kier alpha value is -2.38. The molecule has 0 aliphatic carbocycles. The van der Waals surface area contributed by atoms with Gasteiger partial charge in [-0.25, -0.2) is 9.78 Å². The van der Waals surface area contributed by atoms with Gasteiger partial charge in [0, 0.05) is 26.5 Å². The number of rotatable bonds is 4. The molecule has 19 heavy (non-hydrogen) atoms. The molecule has 0 radical (unpaired) electrons. The van der Waals surface area contributed by atoms with Crippen molar-refractivity contribution in [2.24, 2.45) is 0 Å². The molecule has 2 heterocycles. The first-order valence-electron chi connectivity index (χ1n) is 5.76. The smallest absolute Gasteiger partial charge is 0.327 e. The van der Waals surface area contributed by atoms with Crippen molar-refractivity contribution >= 4 is 17.8 Å². The molecule has 4 amide bonds. The van der Waals surface area contributed by atoms with E-state index in [-0.39, 0.29) is 24.9 Å². The highest BCUT2D eigenvalue weighted by Gasteiger charge is 2.35. The van der Waals surface area contributed by atoms with Gasteiger partial charge in [0.05, 0.1) is 6.54 Å². The van der Waals surface area contributed by atoms with Gasteiger partial charge in [0.2, 0.25) is 5.91 Å². The van der Waals surface area contributed by atoms with Crippen LogP contribution < -0.4 is 0 Å². The van der Waals surface area contributed by atoms with Crippen LogP contribution in [0.2, 0.25) is 0 Å². The predicted molar refractivity (Wildman–Crippen MR) is 64.8 cm³/mol. The Morgan fingerprint density at radius 1 is 1.53 bits per heavy atom. The fourth-order valence-electron chi connectivity index (χ4n) is 1.78. The van der Waals surface area contributed by atoms with Gasteiger partial charge in [0.1, 0.15) is 18.9 Å². The van der Waals surface area contributed by atoms with Crippen molar-refractivity contribution in [3.05, 3.63) is 18.2 Å². The number of aromatic nitrogens is 2. The third kappa shape index (κ3) is 2.72. The maximum atomic E-state index is 11.9. The largest absolute Gasteiger partial charge is 0.347 e. The summed E-state index contributed by atoms with van der Waals surface area (Å²) >= 11 is 0. The summed E-state index contributed by atoms with van der Waals surface area (Å²) in [5, 5.41) is 0. The molecule has 1 aliphatic rings. The van der Waals surface area contributed by atoms with Gasteiger partial charge in [0.15, 0.2) is 0 Å². The van der Waals surface area contributed by atoms with Crippen LogP contribution in [0.25, 0.3) is 0 Å². The first kappa shape index (κ1) is 13.1. The SMILES string of the molecule is CN(Cc1ncc[nH]1)C(=O)CN1C(=O)CN(C)C1=O. The second kappa shape index (κ2) is 5.09. The molecule has 1 N–H and O–H groups in total. The van der Waals surface area contributed by atoms with Crippen LogP contribution in [0.4, 0.5) is 4.79 Å². The van der Waals surface area contributed by atoms with Crippen LogP contribution in [-0.2, 0) is 16.1 Å². The van der Waals surface area contributed by atoms with Crippen LogP contribution in [0, 0.1) is 0 Å². The second-order valence-electron chi connectivity index (χ2n) is 4.40. The van der Waals surface area contributed by atoms with E-state index in [1.165, 1.54) is 16.8 Å². The average Bonchev–Trinajstić information content (AvgIpc) is 2.94. The Labute approximate surface area is 110 Å². The van der Waals surface area contributed by atoms with Crippen molar-refractivity contribution in [3.8, 4) is 0 Å². The summed E-state index contributed by atoms with van der Waals surface area (Å²) in [6.07, 6.45) is 3.26. The van der Waals surface area contributed by atoms with Crippen LogP contribution in [0.5, 0.6) is 0 Å². The third-order valence-corrected chi connectivity index (χ3v) is 2.89. The molecule has 0 bridgehead atoms. The minimum atomic E-state index is -0.440. The van der Waals surface area contributed by atoms with E-state index in [0.29, 0.717) is 12.4 Å². The van der Waals surface area contributed by atoms with Crippen molar-refractivity contribution in [1.29, 1.82) is 0 Å². The number of hydrogen-bond donors (Lipinski definition) is 1. The fraction of sp³-hybridized carbons (Fsp3) is 0.455. The average molecular weight is 265 g/mol. The maximum Gasteiger partial charge on any atom is 0.327 e. The van der Waals surface area contributed by atoms with Crippen molar-refractivity contribution in [2.75, 3.05) is 27.2 Å². The van der Waals surface area contributed by atoms with Crippen molar-refractivity contribution in [2.45, 2.75) is 6.54 Å². The van der Waals surface area contributed by atoms with Gasteiger partial charge in [-0.2, -0.15) is 0 Å². The van der Waals surface area contributed by atoms with Crippen LogP contribution in [-0.4, -0.2) is 69.7 Å². The van der Waals surface area contributed by atoms with Gasteiger partial charge in [-0.3, -0.25) is 14.5 Å². The Balaban J connectivity index is 1.93. The quantitative estimate of drug-likeness (QED) is 0.726. The predicted octanol–water partition coefficient (Wildman–Crippen LogP) is -0.738. The molecule has 0 unspecified atom stereocenters. The molecule has 2 rings (SSSR count). The number of carbonyl (C=O) groups excluding carboxylic acids is 3. The van der Waals surface area contributed by atoms with Crippen LogP contribution in [0.1, 0.15) is 5.82 Å². The number of urea groups is 1. The summed E-state index contributed by atoms with van der Waals surface area (Å²) in [5.41, 5.74) is 0. The highest BCUT2D eigenvalue weighted by Crippen LogP contribution is 2.08. The number of imidazole rings is 1. The van der Waals surface area contributed by atoms with Gasteiger partial charge < -0.3 is 14.8 Å². The molecule has 1 fully saturated rings. The number of nitrogens with zero attached hydrogens (tertiary/aromatic N) is 4. The number of nitrogens with one attached hydrogen (secondary N) is 1. The molecule has 1 saturated heterocycles. The Bertz CT molecular complexity index is 498. The number of hydrogen-bond acceptors (Lipinski definition) is 4. The molecule has 0 saturated carbocycles. The van der Waals surface area contributed by atoms with E-state index in [1.54, 1.807) is 19.4 Å². The number of carbonyl (C=O) groups is 3. The standard InChI is InChI=1S/C11H15N5O3/c1-14(5-8-12-3-4-13-8)9(17)7-16-10(18)6-15(2)11(16)19/h3-4H,5-7H2,1-2H3,(H,12,13). The molecule has 1 aromatic heterocycles. The van der Waals surface area contributed by atoms with E-state index in [2.05, 4.69) is 9.97 Å². The van der Waals surface area contributed by atoms with E-state index in [0.717, 1.165) is 4.90 Å². The van der Waals surface area contributed by atoms with Gasteiger partial charge in [-0.15, -0.1) is 0 Å². The molecule has 102 valence electrons. The molecule has 0 atom stereocenters. The summed E-state index contributed by atoms with van der Waals surface area (Å²) in [6.45, 7) is 0.0884. The zero-order valence-electron chi connectivity index (χ0n) is 10.8. The van der Waals surface area contributed by atoms with Crippen molar-refractivity contribution in [3.63, 3.8) is 0 Å². The third-order valence-electron chi connectivity index (χ3n) is 2.89. The Morgan fingerprint density at radius 3 is 2.79 bits per heavy atom. The summed E-state index contributed by atoms with van der Waals surface area (Å²) in [6, 6.07) is -0.440. The number of likely N-dealkylation sites (N-methyl/N-ethyl adjacent to an activating group) is 2. The lowest BCUT2D eigenvalue weighted by Gasteiger charge is -2.19. The topological polar surface area (TPSA) is 89.6 Å². The van der Waals surface area contributed by atoms with Crippen molar-refractivity contribution in [1.82, 2.24) is 24.7 Å². The molecule has 0 spiro atoms. The fourth-order valence-corrected chi connectivity index (χ4v) is 1.78. The summed E-state index contributed by atoms with van der Waals surface area (Å²) in [7, 11) is 3.12. The zero-order chi connectivity index (χ0) is 14.0. The normalized spacial score (nSPS) is 15.3. The van der Waals surface area contributed by atoms with E-state index < -0.39 is 6.03 Å². The lowest BCUT2D eigenvalue weighted by molar-refractivity contribution is -0.136. The highest BCUT2D eigenvalue weighted by atomic mass is 16.2. The van der Waals surface area contributed by atoms with Crippen LogP contribution >= 0.6 is 0 Å². The van der Waals surface area contributed by atoms with Crippen LogP contribution in [0.15, 0.2) is 12.4 Å². The van der Waals surface area contributed by atoms with Gasteiger partial charge >= 0.3 is 6.03 Å². The Morgan fingerprint density at radius 2 is 2.26 bits per heavy atom. The first-order valence-corrected chi connectivity index (χ1v) is 5.76. The van der Waals surface area contributed by atoms with E-state index in [9.17, 15) is 14.4 Å². The molecular weight excluding hydrogens is 250 g/mol. The molecular formula is C11H15N5O3. The highest BCUT2D eigenvalue weighted by molar-refractivity contribution is 6.04. The molecule has 0 aromatic carbocycles. The maximum absolute atomic E-state index is 11.9. The van der Waals surface area contributed by atoms with Gasteiger partial charge in [-0.1, -0.05) is 0 Å². The zero-order valence-corrected chi connectivity index (χ0v) is 10.8.